The van der Waals surface area contributed by atoms with Crippen LogP contribution in [0, 0.1) is 5.82 Å². The van der Waals surface area contributed by atoms with Gasteiger partial charge >= 0.3 is 0 Å². The molecule has 1 atom stereocenters. The Morgan fingerprint density at radius 1 is 1.08 bits per heavy atom. The van der Waals surface area contributed by atoms with Crippen molar-refractivity contribution in [2.45, 2.75) is 13.0 Å². The molecule has 2 aromatic carbocycles. The van der Waals surface area contributed by atoms with Crippen LogP contribution in [-0.4, -0.2) is 24.2 Å². The topological polar surface area (TPSA) is 56.3 Å². The number of rotatable bonds is 5. The molecule has 0 aliphatic carbocycles. The summed E-state index contributed by atoms with van der Waals surface area (Å²) < 4.78 is 24.8. The highest BCUT2D eigenvalue weighted by Crippen LogP contribution is 2.34. The maximum Gasteiger partial charge on any atom is 0.163 e. The first-order valence-electron chi connectivity index (χ1n) is 7.61. The van der Waals surface area contributed by atoms with Crippen LogP contribution >= 0.6 is 11.6 Å². The van der Waals surface area contributed by atoms with Crippen LogP contribution in [0.4, 0.5) is 10.2 Å². The molecule has 0 saturated carbocycles. The molecule has 0 amide bonds. The van der Waals surface area contributed by atoms with Gasteiger partial charge in [-0.3, -0.25) is 0 Å². The van der Waals surface area contributed by atoms with Gasteiger partial charge in [0.05, 0.1) is 25.8 Å². The molecule has 130 valence electrons. The van der Waals surface area contributed by atoms with E-state index in [0.29, 0.717) is 33.4 Å². The van der Waals surface area contributed by atoms with E-state index in [-0.39, 0.29) is 11.9 Å². The molecule has 0 fully saturated rings. The summed E-state index contributed by atoms with van der Waals surface area (Å²) in [7, 11) is 2.98. The molecule has 0 spiro atoms. The second-order valence-corrected chi connectivity index (χ2v) is 5.91. The van der Waals surface area contributed by atoms with Crippen LogP contribution in [0.25, 0.3) is 10.9 Å². The molecular formula is C18H17ClFN3O2. The van der Waals surface area contributed by atoms with Crippen LogP contribution in [0.1, 0.15) is 18.5 Å². The maximum atomic E-state index is 14.4. The van der Waals surface area contributed by atoms with E-state index in [1.54, 1.807) is 18.2 Å². The Morgan fingerprint density at radius 3 is 2.52 bits per heavy atom. The number of halogens is 2. The van der Waals surface area contributed by atoms with Crippen molar-refractivity contribution in [3.05, 3.63) is 53.1 Å². The Bertz CT molecular complexity index is 920. The lowest BCUT2D eigenvalue weighted by Crippen LogP contribution is -2.11. The summed E-state index contributed by atoms with van der Waals surface area (Å²) in [6.45, 7) is 1.84. The van der Waals surface area contributed by atoms with Gasteiger partial charge in [0.25, 0.3) is 0 Å². The summed E-state index contributed by atoms with van der Waals surface area (Å²) >= 11 is 6.00. The van der Waals surface area contributed by atoms with Gasteiger partial charge in [-0.1, -0.05) is 11.6 Å². The van der Waals surface area contributed by atoms with E-state index in [4.69, 9.17) is 21.1 Å². The smallest absolute Gasteiger partial charge is 0.163 e. The van der Waals surface area contributed by atoms with Crippen LogP contribution in [0.5, 0.6) is 11.5 Å². The summed E-state index contributed by atoms with van der Waals surface area (Å²) in [5, 5.41) is 4.62. The van der Waals surface area contributed by atoms with E-state index < -0.39 is 0 Å². The van der Waals surface area contributed by atoms with Gasteiger partial charge in [-0.25, -0.2) is 14.4 Å². The Kier molecular flexibility index (Phi) is 4.90. The summed E-state index contributed by atoms with van der Waals surface area (Å²) in [5.41, 5.74) is 1.16. The van der Waals surface area contributed by atoms with Crippen LogP contribution < -0.4 is 14.8 Å². The molecule has 0 bridgehead atoms. The SMILES string of the molecule is COc1cc(F)c(C(C)Nc2ncnc3cc(Cl)ccc23)cc1OC. The number of nitrogens with one attached hydrogen (secondary N) is 1. The molecule has 0 aliphatic rings. The van der Waals surface area contributed by atoms with Crippen molar-refractivity contribution in [2.75, 3.05) is 19.5 Å². The van der Waals surface area contributed by atoms with E-state index >= 15 is 0 Å². The van der Waals surface area contributed by atoms with Crippen molar-refractivity contribution in [3.63, 3.8) is 0 Å². The number of ether oxygens (including phenoxy) is 2. The van der Waals surface area contributed by atoms with Crippen molar-refractivity contribution < 1.29 is 13.9 Å². The number of benzene rings is 2. The lowest BCUT2D eigenvalue weighted by atomic mass is 10.1. The van der Waals surface area contributed by atoms with Crippen LogP contribution in [-0.2, 0) is 0 Å². The average molecular weight is 362 g/mol. The molecule has 25 heavy (non-hydrogen) atoms. The van der Waals surface area contributed by atoms with Crippen molar-refractivity contribution in [3.8, 4) is 11.5 Å². The number of anilines is 1. The Balaban J connectivity index is 1.96. The second kappa shape index (κ2) is 7.11. The largest absolute Gasteiger partial charge is 0.493 e. The van der Waals surface area contributed by atoms with Crippen LogP contribution in [0.15, 0.2) is 36.7 Å². The number of nitrogens with zero attached hydrogens (tertiary/aromatic N) is 2. The highest BCUT2D eigenvalue weighted by molar-refractivity contribution is 6.31. The van der Waals surface area contributed by atoms with E-state index in [1.165, 1.54) is 26.6 Å². The lowest BCUT2D eigenvalue weighted by Gasteiger charge is -2.18. The minimum Gasteiger partial charge on any atom is -0.493 e. The van der Waals surface area contributed by atoms with Crippen molar-refractivity contribution in [2.24, 2.45) is 0 Å². The Morgan fingerprint density at radius 2 is 1.80 bits per heavy atom. The van der Waals surface area contributed by atoms with E-state index in [1.807, 2.05) is 13.0 Å². The van der Waals surface area contributed by atoms with Crippen LogP contribution in [0.3, 0.4) is 0 Å². The predicted octanol–water partition coefficient (Wildman–Crippen LogP) is 4.61. The van der Waals surface area contributed by atoms with E-state index in [9.17, 15) is 4.39 Å². The molecule has 1 N–H and O–H groups in total. The third-order valence-electron chi connectivity index (χ3n) is 3.92. The van der Waals surface area contributed by atoms with Gasteiger partial charge in [0, 0.05) is 22.0 Å². The van der Waals surface area contributed by atoms with Crippen molar-refractivity contribution in [1.29, 1.82) is 0 Å². The fourth-order valence-electron chi connectivity index (χ4n) is 2.63. The zero-order valence-corrected chi connectivity index (χ0v) is 14.8. The summed E-state index contributed by atoms with van der Waals surface area (Å²) in [6, 6.07) is 7.92. The zero-order chi connectivity index (χ0) is 18.0. The number of hydrogen-bond donors (Lipinski definition) is 1. The molecule has 1 heterocycles. The molecule has 0 radical (unpaired) electrons. The second-order valence-electron chi connectivity index (χ2n) is 5.48. The van der Waals surface area contributed by atoms with Gasteiger partial charge in [-0.05, 0) is 31.2 Å². The Labute approximate surface area is 149 Å². The highest BCUT2D eigenvalue weighted by atomic mass is 35.5. The normalized spacial score (nSPS) is 12.0. The molecule has 0 aliphatic heterocycles. The number of fused-ring (bicyclic) bond motifs is 1. The molecule has 3 rings (SSSR count). The quantitative estimate of drug-likeness (QED) is 0.719. The first-order chi connectivity index (χ1) is 12.0. The molecule has 1 aromatic heterocycles. The predicted molar refractivity (Wildman–Crippen MR) is 96.1 cm³/mol. The first kappa shape index (κ1) is 17.2. The molecule has 5 nitrogen and oxygen atoms in total. The number of methoxy groups -OCH3 is 2. The van der Waals surface area contributed by atoms with Crippen LogP contribution in [0.2, 0.25) is 5.02 Å². The minimum absolute atomic E-state index is 0.345. The number of hydrogen-bond acceptors (Lipinski definition) is 5. The fourth-order valence-corrected chi connectivity index (χ4v) is 2.80. The Hall–Kier alpha value is -2.60. The van der Waals surface area contributed by atoms with Gasteiger partial charge in [-0.2, -0.15) is 0 Å². The summed E-state index contributed by atoms with van der Waals surface area (Å²) in [4.78, 5) is 8.47. The summed E-state index contributed by atoms with van der Waals surface area (Å²) in [5.74, 6) is 1.02. The van der Waals surface area contributed by atoms with E-state index in [0.717, 1.165) is 5.39 Å². The van der Waals surface area contributed by atoms with E-state index in [2.05, 4.69) is 15.3 Å². The van der Waals surface area contributed by atoms with Crippen molar-refractivity contribution >= 4 is 28.3 Å². The van der Waals surface area contributed by atoms with Gasteiger partial charge in [0.15, 0.2) is 11.5 Å². The molecule has 1 unspecified atom stereocenters. The fraction of sp³-hybridized carbons (Fsp3) is 0.222. The standard InChI is InChI=1S/C18H17ClFN3O2/c1-10(13-7-16(24-2)17(25-3)8-14(13)20)23-18-12-5-4-11(19)6-15(12)21-9-22-18/h4-10H,1-3H3,(H,21,22,23). The molecule has 0 saturated heterocycles. The van der Waals surface area contributed by atoms with Gasteiger partial charge in [0.2, 0.25) is 0 Å². The van der Waals surface area contributed by atoms with Crippen molar-refractivity contribution in [1.82, 2.24) is 9.97 Å². The molecule has 7 heteroatoms. The lowest BCUT2D eigenvalue weighted by molar-refractivity contribution is 0.351. The monoisotopic (exact) mass is 361 g/mol. The van der Waals surface area contributed by atoms with Gasteiger partial charge in [0.1, 0.15) is 18.0 Å². The number of aromatic nitrogens is 2. The molecule has 3 aromatic rings. The average Bonchev–Trinajstić information content (AvgIpc) is 2.61. The minimum atomic E-state index is -0.390. The summed E-state index contributed by atoms with van der Waals surface area (Å²) in [6.07, 6.45) is 1.44. The first-order valence-corrected chi connectivity index (χ1v) is 7.99. The maximum absolute atomic E-state index is 14.4. The zero-order valence-electron chi connectivity index (χ0n) is 14.0. The highest BCUT2D eigenvalue weighted by Gasteiger charge is 2.17. The third-order valence-corrected chi connectivity index (χ3v) is 4.16. The van der Waals surface area contributed by atoms with Gasteiger partial charge in [-0.15, -0.1) is 0 Å². The third kappa shape index (κ3) is 3.44. The van der Waals surface area contributed by atoms with Gasteiger partial charge < -0.3 is 14.8 Å². The molecular weight excluding hydrogens is 345 g/mol.